The lowest BCUT2D eigenvalue weighted by molar-refractivity contribution is -0.0228. The summed E-state index contributed by atoms with van der Waals surface area (Å²) in [6, 6.07) is 8.57. The van der Waals surface area contributed by atoms with Gasteiger partial charge in [0.2, 0.25) is 0 Å². The predicted molar refractivity (Wildman–Crippen MR) is 86.6 cm³/mol. The SMILES string of the molecule is Cc1cccc(CCNCC(O)COC2CCCCC2)c1. The minimum Gasteiger partial charge on any atom is -0.389 e. The Bertz CT molecular complexity index is 402. The van der Waals surface area contributed by atoms with E-state index in [1.807, 2.05) is 0 Å². The fourth-order valence-corrected chi connectivity index (χ4v) is 2.91. The van der Waals surface area contributed by atoms with E-state index in [1.165, 1.54) is 30.4 Å². The van der Waals surface area contributed by atoms with Crippen molar-refractivity contribution in [2.24, 2.45) is 0 Å². The van der Waals surface area contributed by atoms with Crippen LogP contribution in [0.2, 0.25) is 0 Å². The maximum absolute atomic E-state index is 9.93. The van der Waals surface area contributed by atoms with Crippen LogP contribution in [0.1, 0.15) is 43.2 Å². The van der Waals surface area contributed by atoms with E-state index in [0.29, 0.717) is 19.3 Å². The molecule has 0 amide bonds. The van der Waals surface area contributed by atoms with Crippen LogP contribution in [0, 0.1) is 6.92 Å². The first kappa shape index (κ1) is 16.5. The molecule has 21 heavy (non-hydrogen) atoms. The van der Waals surface area contributed by atoms with E-state index in [0.717, 1.165) is 25.8 Å². The van der Waals surface area contributed by atoms with E-state index in [-0.39, 0.29) is 0 Å². The standard InChI is InChI=1S/C18H29NO2/c1-15-6-5-7-16(12-15)10-11-19-13-17(20)14-21-18-8-3-2-4-9-18/h5-7,12,17-20H,2-4,8-11,13-14H2,1H3. The molecule has 0 heterocycles. The molecule has 1 aromatic carbocycles. The van der Waals surface area contributed by atoms with Crippen LogP contribution in [0.5, 0.6) is 0 Å². The molecule has 1 atom stereocenters. The van der Waals surface area contributed by atoms with Crippen LogP contribution in [0.3, 0.4) is 0 Å². The zero-order valence-electron chi connectivity index (χ0n) is 13.2. The van der Waals surface area contributed by atoms with Gasteiger partial charge in [-0.25, -0.2) is 0 Å². The Morgan fingerprint density at radius 3 is 2.86 bits per heavy atom. The maximum atomic E-state index is 9.93. The zero-order chi connectivity index (χ0) is 14.9. The number of benzene rings is 1. The second-order valence-electron chi connectivity index (χ2n) is 6.19. The molecule has 1 saturated carbocycles. The highest BCUT2D eigenvalue weighted by Gasteiger charge is 2.15. The van der Waals surface area contributed by atoms with Gasteiger partial charge in [0, 0.05) is 6.54 Å². The molecular formula is C18H29NO2. The number of hydrogen-bond acceptors (Lipinski definition) is 3. The zero-order valence-corrected chi connectivity index (χ0v) is 13.2. The summed E-state index contributed by atoms with van der Waals surface area (Å²) in [4.78, 5) is 0. The molecular weight excluding hydrogens is 262 g/mol. The van der Waals surface area contributed by atoms with E-state index in [9.17, 15) is 5.11 Å². The molecule has 1 aliphatic carbocycles. The summed E-state index contributed by atoms with van der Waals surface area (Å²) in [7, 11) is 0. The lowest BCUT2D eigenvalue weighted by atomic mass is 9.98. The lowest BCUT2D eigenvalue weighted by Gasteiger charge is -2.23. The number of ether oxygens (including phenoxy) is 1. The highest BCUT2D eigenvalue weighted by Crippen LogP contribution is 2.20. The monoisotopic (exact) mass is 291 g/mol. The predicted octanol–water partition coefficient (Wildman–Crippen LogP) is 2.84. The van der Waals surface area contributed by atoms with Crippen molar-refractivity contribution in [3.05, 3.63) is 35.4 Å². The van der Waals surface area contributed by atoms with Crippen LogP contribution >= 0.6 is 0 Å². The molecule has 3 nitrogen and oxygen atoms in total. The van der Waals surface area contributed by atoms with Gasteiger partial charge >= 0.3 is 0 Å². The maximum Gasteiger partial charge on any atom is 0.0897 e. The largest absolute Gasteiger partial charge is 0.389 e. The van der Waals surface area contributed by atoms with Crippen LogP contribution in [-0.2, 0) is 11.2 Å². The van der Waals surface area contributed by atoms with Gasteiger partial charge in [-0.2, -0.15) is 0 Å². The first-order chi connectivity index (χ1) is 10.2. The summed E-state index contributed by atoms with van der Waals surface area (Å²) >= 11 is 0. The highest BCUT2D eigenvalue weighted by atomic mass is 16.5. The first-order valence-electron chi connectivity index (χ1n) is 8.30. The second kappa shape index (κ2) is 9.19. The molecule has 1 fully saturated rings. The number of nitrogens with one attached hydrogen (secondary N) is 1. The third-order valence-corrected chi connectivity index (χ3v) is 4.13. The van der Waals surface area contributed by atoms with Crippen molar-refractivity contribution in [1.82, 2.24) is 5.32 Å². The summed E-state index contributed by atoms with van der Waals surface area (Å²) in [6.45, 7) is 4.08. The molecule has 0 bridgehead atoms. The van der Waals surface area contributed by atoms with Gasteiger partial charge in [-0.05, 0) is 38.3 Å². The van der Waals surface area contributed by atoms with Gasteiger partial charge in [0.15, 0.2) is 0 Å². The van der Waals surface area contributed by atoms with Crippen molar-refractivity contribution < 1.29 is 9.84 Å². The molecule has 2 N–H and O–H groups in total. The molecule has 0 spiro atoms. The fraction of sp³-hybridized carbons (Fsp3) is 0.667. The number of aliphatic hydroxyl groups is 1. The Morgan fingerprint density at radius 1 is 1.29 bits per heavy atom. The summed E-state index contributed by atoms with van der Waals surface area (Å²) in [5.74, 6) is 0. The first-order valence-corrected chi connectivity index (χ1v) is 8.30. The molecule has 0 aromatic heterocycles. The number of rotatable bonds is 8. The van der Waals surface area contributed by atoms with Crippen molar-refractivity contribution in [2.75, 3.05) is 19.7 Å². The molecule has 1 aliphatic rings. The summed E-state index contributed by atoms with van der Waals surface area (Å²) < 4.78 is 5.79. The quantitative estimate of drug-likeness (QED) is 0.724. The third-order valence-electron chi connectivity index (χ3n) is 4.13. The normalized spacial score (nSPS) is 17.8. The van der Waals surface area contributed by atoms with Gasteiger partial charge in [-0.15, -0.1) is 0 Å². The van der Waals surface area contributed by atoms with E-state index in [4.69, 9.17) is 4.74 Å². The topological polar surface area (TPSA) is 41.5 Å². The van der Waals surface area contributed by atoms with Gasteiger partial charge in [0.1, 0.15) is 0 Å². The molecule has 0 radical (unpaired) electrons. The van der Waals surface area contributed by atoms with Gasteiger partial charge in [0.05, 0.1) is 18.8 Å². The average Bonchev–Trinajstić information content (AvgIpc) is 2.51. The van der Waals surface area contributed by atoms with Crippen LogP contribution in [0.25, 0.3) is 0 Å². The molecule has 0 aliphatic heterocycles. The van der Waals surface area contributed by atoms with Crippen molar-refractivity contribution >= 4 is 0 Å². The molecule has 1 aromatic rings. The number of aryl methyl sites for hydroxylation is 1. The van der Waals surface area contributed by atoms with E-state index in [2.05, 4.69) is 36.5 Å². The van der Waals surface area contributed by atoms with Crippen molar-refractivity contribution in [1.29, 1.82) is 0 Å². The fourth-order valence-electron chi connectivity index (χ4n) is 2.91. The minimum absolute atomic E-state index is 0.376. The summed E-state index contributed by atoms with van der Waals surface area (Å²) in [6.07, 6.45) is 7.18. The summed E-state index contributed by atoms with van der Waals surface area (Å²) in [5.41, 5.74) is 2.64. The molecule has 0 saturated heterocycles. The number of hydrogen-bond donors (Lipinski definition) is 2. The molecule has 3 heteroatoms. The van der Waals surface area contributed by atoms with Crippen molar-refractivity contribution in [3.63, 3.8) is 0 Å². The Hall–Kier alpha value is -0.900. The molecule has 118 valence electrons. The Balaban J connectivity index is 1.53. The van der Waals surface area contributed by atoms with Crippen LogP contribution < -0.4 is 5.32 Å². The average molecular weight is 291 g/mol. The molecule has 1 unspecified atom stereocenters. The Morgan fingerprint density at radius 2 is 2.10 bits per heavy atom. The van der Waals surface area contributed by atoms with Gasteiger partial charge < -0.3 is 15.2 Å². The summed E-state index contributed by atoms with van der Waals surface area (Å²) in [5, 5.41) is 13.2. The molecule has 2 rings (SSSR count). The van der Waals surface area contributed by atoms with Gasteiger partial charge in [-0.3, -0.25) is 0 Å². The van der Waals surface area contributed by atoms with Gasteiger partial charge in [0.25, 0.3) is 0 Å². The number of aliphatic hydroxyl groups excluding tert-OH is 1. The highest BCUT2D eigenvalue weighted by molar-refractivity contribution is 5.22. The van der Waals surface area contributed by atoms with Crippen molar-refractivity contribution in [3.8, 4) is 0 Å². The van der Waals surface area contributed by atoms with Crippen LogP contribution in [0.4, 0.5) is 0 Å². The van der Waals surface area contributed by atoms with Crippen LogP contribution in [0.15, 0.2) is 24.3 Å². The second-order valence-corrected chi connectivity index (χ2v) is 6.19. The lowest BCUT2D eigenvalue weighted by Crippen LogP contribution is -2.33. The Kier molecular flexibility index (Phi) is 7.20. The third kappa shape index (κ3) is 6.60. The van der Waals surface area contributed by atoms with Gasteiger partial charge in [-0.1, -0.05) is 49.1 Å². The Labute approximate surface area is 128 Å². The van der Waals surface area contributed by atoms with E-state index < -0.39 is 6.10 Å². The van der Waals surface area contributed by atoms with Crippen LogP contribution in [-0.4, -0.2) is 37.0 Å². The van der Waals surface area contributed by atoms with E-state index >= 15 is 0 Å². The van der Waals surface area contributed by atoms with E-state index in [1.54, 1.807) is 0 Å². The smallest absolute Gasteiger partial charge is 0.0897 e. The minimum atomic E-state index is -0.399. The van der Waals surface area contributed by atoms with Crippen molar-refractivity contribution in [2.45, 2.75) is 57.7 Å².